The van der Waals surface area contributed by atoms with Crippen molar-refractivity contribution in [2.75, 3.05) is 45.9 Å². The van der Waals surface area contributed by atoms with Crippen molar-refractivity contribution in [3.05, 3.63) is 35.6 Å². The van der Waals surface area contributed by atoms with Crippen LogP contribution in [0.25, 0.3) is 0 Å². The Morgan fingerprint density at radius 2 is 1.96 bits per heavy atom. The summed E-state index contributed by atoms with van der Waals surface area (Å²) in [4.78, 5) is 17.2. The second kappa shape index (κ2) is 8.05. The third-order valence-corrected chi connectivity index (χ3v) is 5.07. The van der Waals surface area contributed by atoms with Gasteiger partial charge < -0.3 is 15.4 Å². The standard InChI is InChI=1S/C18H26FN3O2/c19-16-3-1-2-15(12-16)17(21-8-10-24-11-9-21)18(23)22-6-4-14(13-20)5-7-22/h1-3,12,14,17H,4-11,13,20H2. The van der Waals surface area contributed by atoms with Crippen molar-refractivity contribution >= 4 is 5.91 Å². The van der Waals surface area contributed by atoms with Crippen LogP contribution in [0, 0.1) is 11.7 Å². The van der Waals surface area contributed by atoms with Crippen LogP contribution in [0.3, 0.4) is 0 Å². The smallest absolute Gasteiger partial charge is 0.244 e. The highest BCUT2D eigenvalue weighted by Crippen LogP contribution is 2.27. The Balaban J connectivity index is 1.80. The maximum Gasteiger partial charge on any atom is 0.244 e. The zero-order chi connectivity index (χ0) is 16.9. The molecule has 1 aromatic rings. The predicted molar refractivity (Wildman–Crippen MR) is 89.9 cm³/mol. The number of rotatable bonds is 4. The highest BCUT2D eigenvalue weighted by molar-refractivity contribution is 5.83. The summed E-state index contributed by atoms with van der Waals surface area (Å²) >= 11 is 0. The first-order chi connectivity index (χ1) is 11.7. The van der Waals surface area contributed by atoms with Crippen LogP contribution in [0.2, 0.25) is 0 Å². The summed E-state index contributed by atoms with van der Waals surface area (Å²) in [5.74, 6) is 0.267. The number of ether oxygens (including phenoxy) is 1. The number of benzene rings is 1. The molecule has 1 amide bonds. The van der Waals surface area contributed by atoms with Crippen molar-refractivity contribution in [2.24, 2.45) is 11.7 Å². The van der Waals surface area contributed by atoms with Crippen LogP contribution < -0.4 is 5.73 Å². The molecule has 132 valence electrons. The molecule has 2 heterocycles. The van der Waals surface area contributed by atoms with Crippen LogP contribution in [-0.4, -0.2) is 61.6 Å². The number of carbonyl (C=O) groups excluding carboxylic acids is 1. The molecule has 6 heteroatoms. The van der Waals surface area contributed by atoms with E-state index in [0.717, 1.165) is 31.5 Å². The number of halogens is 1. The lowest BCUT2D eigenvalue weighted by Crippen LogP contribution is -2.49. The average molecular weight is 335 g/mol. The number of likely N-dealkylation sites (tertiary alicyclic amines) is 1. The van der Waals surface area contributed by atoms with Crippen molar-refractivity contribution < 1.29 is 13.9 Å². The SMILES string of the molecule is NCC1CCN(C(=O)C(c2cccc(F)c2)N2CCOCC2)CC1. The summed E-state index contributed by atoms with van der Waals surface area (Å²) in [6.07, 6.45) is 1.89. The number of piperidine rings is 1. The minimum atomic E-state index is -0.431. The molecule has 0 bridgehead atoms. The minimum absolute atomic E-state index is 0.0676. The second-order valence-electron chi connectivity index (χ2n) is 6.61. The van der Waals surface area contributed by atoms with Gasteiger partial charge in [0, 0.05) is 26.2 Å². The summed E-state index contributed by atoms with van der Waals surface area (Å²) in [6.45, 7) is 4.73. The van der Waals surface area contributed by atoms with Crippen LogP contribution in [0.1, 0.15) is 24.4 Å². The lowest BCUT2D eigenvalue weighted by molar-refractivity contribution is -0.140. The first-order valence-electron chi connectivity index (χ1n) is 8.75. The van der Waals surface area contributed by atoms with E-state index in [9.17, 15) is 9.18 Å². The van der Waals surface area contributed by atoms with Gasteiger partial charge in [0.15, 0.2) is 0 Å². The van der Waals surface area contributed by atoms with Crippen molar-refractivity contribution in [1.82, 2.24) is 9.80 Å². The van der Waals surface area contributed by atoms with Crippen molar-refractivity contribution in [2.45, 2.75) is 18.9 Å². The van der Waals surface area contributed by atoms with Crippen LogP contribution in [0.15, 0.2) is 24.3 Å². The molecule has 24 heavy (non-hydrogen) atoms. The van der Waals surface area contributed by atoms with E-state index in [1.54, 1.807) is 6.07 Å². The third kappa shape index (κ3) is 3.94. The maximum absolute atomic E-state index is 13.7. The van der Waals surface area contributed by atoms with Gasteiger partial charge in [-0.1, -0.05) is 12.1 Å². The van der Waals surface area contributed by atoms with E-state index >= 15 is 0 Å². The molecule has 2 aliphatic rings. The Hall–Kier alpha value is -1.50. The van der Waals surface area contributed by atoms with E-state index in [1.165, 1.54) is 12.1 Å². The molecular formula is C18H26FN3O2. The van der Waals surface area contributed by atoms with Gasteiger partial charge in [-0.05, 0) is 43.0 Å². The number of morpholine rings is 1. The minimum Gasteiger partial charge on any atom is -0.379 e. The molecule has 2 N–H and O–H groups in total. The summed E-state index contributed by atoms with van der Waals surface area (Å²) in [6, 6.07) is 5.97. The average Bonchev–Trinajstić information content (AvgIpc) is 2.63. The van der Waals surface area contributed by atoms with Crippen LogP contribution >= 0.6 is 0 Å². The van der Waals surface area contributed by atoms with Crippen LogP contribution in [0.4, 0.5) is 4.39 Å². The zero-order valence-electron chi connectivity index (χ0n) is 14.0. The predicted octanol–water partition coefficient (Wildman–Crippen LogP) is 1.40. The maximum atomic E-state index is 13.7. The number of carbonyl (C=O) groups is 1. The van der Waals surface area contributed by atoms with Crippen molar-refractivity contribution in [3.63, 3.8) is 0 Å². The fraction of sp³-hybridized carbons (Fsp3) is 0.611. The van der Waals surface area contributed by atoms with Gasteiger partial charge in [0.2, 0.25) is 5.91 Å². The van der Waals surface area contributed by atoms with E-state index < -0.39 is 6.04 Å². The topological polar surface area (TPSA) is 58.8 Å². The van der Waals surface area contributed by atoms with Gasteiger partial charge in [0.05, 0.1) is 13.2 Å². The summed E-state index contributed by atoms with van der Waals surface area (Å²) in [5, 5.41) is 0. The van der Waals surface area contributed by atoms with Crippen LogP contribution in [-0.2, 0) is 9.53 Å². The van der Waals surface area contributed by atoms with Gasteiger partial charge in [-0.2, -0.15) is 0 Å². The highest BCUT2D eigenvalue weighted by atomic mass is 19.1. The Morgan fingerprint density at radius 3 is 2.58 bits per heavy atom. The Labute approximate surface area is 142 Å². The monoisotopic (exact) mass is 335 g/mol. The molecule has 0 radical (unpaired) electrons. The molecule has 0 saturated carbocycles. The van der Waals surface area contributed by atoms with Crippen molar-refractivity contribution in [1.29, 1.82) is 0 Å². The Kier molecular flexibility index (Phi) is 5.81. The van der Waals surface area contributed by atoms with Crippen molar-refractivity contribution in [3.8, 4) is 0 Å². The molecule has 1 unspecified atom stereocenters. The molecule has 0 aromatic heterocycles. The third-order valence-electron chi connectivity index (χ3n) is 5.07. The lowest BCUT2D eigenvalue weighted by atomic mass is 9.95. The fourth-order valence-electron chi connectivity index (χ4n) is 3.58. The number of amides is 1. The van der Waals surface area contributed by atoms with E-state index in [0.29, 0.717) is 38.8 Å². The van der Waals surface area contributed by atoms with E-state index in [-0.39, 0.29) is 11.7 Å². The molecule has 3 rings (SSSR count). The molecule has 2 saturated heterocycles. The number of hydrogen-bond acceptors (Lipinski definition) is 4. The summed E-state index contributed by atoms with van der Waals surface area (Å²) in [7, 11) is 0. The normalized spacial score (nSPS) is 21.7. The molecule has 2 fully saturated rings. The quantitative estimate of drug-likeness (QED) is 0.903. The van der Waals surface area contributed by atoms with E-state index in [1.807, 2.05) is 11.0 Å². The van der Waals surface area contributed by atoms with Gasteiger partial charge in [-0.25, -0.2) is 4.39 Å². The fourth-order valence-corrected chi connectivity index (χ4v) is 3.58. The number of hydrogen-bond donors (Lipinski definition) is 1. The van der Waals surface area contributed by atoms with E-state index in [4.69, 9.17) is 10.5 Å². The summed E-state index contributed by atoms with van der Waals surface area (Å²) < 4.78 is 19.1. The lowest BCUT2D eigenvalue weighted by Gasteiger charge is -2.39. The largest absolute Gasteiger partial charge is 0.379 e. The van der Waals surface area contributed by atoms with Gasteiger partial charge in [-0.3, -0.25) is 9.69 Å². The second-order valence-corrected chi connectivity index (χ2v) is 6.61. The molecule has 2 aliphatic heterocycles. The summed E-state index contributed by atoms with van der Waals surface area (Å²) in [5.41, 5.74) is 6.47. The molecule has 5 nitrogen and oxygen atoms in total. The molecule has 1 aromatic carbocycles. The zero-order valence-corrected chi connectivity index (χ0v) is 14.0. The molecule has 1 atom stereocenters. The first-order valence-corrected chi connectivity index (χ1v) is 8.75. The number of nitrogens with zero attached hydrogens (tertiary/aromatic N) is 2. The molecule has 0 spiro atoms. The Morgan fingerprint density at radius 1 is 1.25 bits per heavy atom. The van der Waals surface area contributed by atoms with Gasteiger partial charge in [-0.15, -0.1) is 0 Å². The van der Waals surface area contributed by atoms with Gasteiger partial charge in [0.25, 0.3) is 0 Å². The van der Waals surface area contributed by atoms with Crippen LogP contribution in [0.5, 0.6) is 0 Å². The molecule has 0 aliphatic carbocycles. The number of nitrogens with two attached hydrogens (primary N) is 1. The first kappa shape index (κ1) is 17.3. The Bertz CT molecular complexity index is 555. The molecular weight excluding hydrogens is 309 g/mol. The highest BCUT2D eigenvalue weighted by Gasteiger charge is 2.34. The van der Waals surface area contributed by atoms with Gasteiger partial charge >= 0.3 is 0 Å². The van der Waals surface area contributed by atoms with E-state index in [2.05, 4.69) is 4.90 Å². The van der Waals surface area contributed by atoms with Gasteiger partial charge in [0.1, 0.15) is 11.9 Å².